The van der Waals surface area contributed by atoms with Gasteiger partial charge in [-0.2, -0.15) is 0 Å². The van der Waals surface area contributed by atoms with Gasteiger partial charge in [0, 0.05) is 5.02 Å². The van der Waals surface area contributed by atoms with Crippen molar-refractivity contribution in [2.45, 2.75) is 57.5 Å². The lowest BCUT2D eigenvalue weighted by Gasteiger charge is -2.36. The van der Waals surface area contributed by atoms with Gasteiger partial charge in [0.05, 0.1) is 12.1 Å². The van der Waals surface area contributed by atoms with Gasteiger partial charge in [-0.15, -0.1) is 5.10 Å². The maximum atomic E-state index is 6.12. The molecule has 1 atom stereocenters. The molecule has 2 heterocycles. The van der Waals surface area contributed by atoms with Gasteiger partial charge in [0.15, 0.2) is 5.82 Å². The molecule has 2 aliphatic rings. The number of likely N-dealkylation sites (tertiary alicyclic amines) is 1. The number of piperidine rings is 1. The highest BCUT2D eigenvalue weighted by molar-refractivity contribution is 6.30. The molecule has 1 aromatic carbocycles. The molecule has 0 bridgehead atoms. The van der Waals surface area contributed by atoms with E-state index in [1.807, 2.05) is 12.1 Å². The molecular weight excluding hydrogens is 334 g/mol. The summed E-state index contributed by atoms with van der Waals surface area (Å²) >= 11 is 6.12. The van der Waals surface area contributed by atoms with E-state index in [1.54, 1.807) is 0 Å². The summed E-state index contributed by atoms with van der Waals surface area (Å²) in [4.78, 5) is 2.54. The Morgan fingerprint density at radius 2 is 1.72 bits per heavy atom. The highest BCUT2D eigenvalue weighted by atomic mass is 35.5. The van der Waals surface area contributed by atoms with Crippen molar-refractivity contribution >= 4 is 11.6 Å². The van der Waals surface area contributed by atoms with Gasteiger partial charge in [0.25, 0.3) is 0 Å². The molecule has 0 spiro atoms. The standard InChI is InChI=1S/C19H26ClN5/c1-14-10-12-24(13-11-14)18(15-6-8-16(20)9-7-15)19-21-22-23-25(19)17-4-2-3-5-17/h6-9,14,17-18H,2-5,10-13H2,1H3/t18-/m0/s1. The topological polar surface area (TPSA) is 46.8 Å². The number of hydrogen-bond acceptors (Lipinski definition) is 4. The zero-order chi connectivity index (χ0) is 17.2. The number of aromatic nitrogens is 4. The molecule has 2 aromatic rings. The third kappa shape index (κ3) is 3.58. The van der Waals surface area contributed by atoms with Gasteiger partial charge < -0.3 is 0 Å². The maximum Gasteiger partial charge on any atom is 0.173 e. The SMILES string of the molecule is CC1CCN([C@@H](c2ccc(Cl)cc2)c2nnnn2C2CCCC2)CC1. The van der Waals surface area contributed by atoms with Crippen LogP contribution in [0.15, 0.2) is 24.3 Å². The minimum Gasteiger partial charge on any atom is -0.290 e. The van der Waals surface area contributed by atoms with Gasteiger partial charge in [0.2, 0.25) is 0 Å². The summed E-state index contributed by atoms with van der Waals surface area (Å²) in [5, 5.41) is 13.7. The smallest absolute Gasteiger partial charge is 0.173 e. The number of hydrogen-bond donors (Lipinski definition) is 0. The second-order valence-corrected chi connectivity index (χ2v) is 8.03. The monoisotopic (exact) mass is 359 g/mol. The molecule has 5 nitrogen and oxygen atoms in total. The van der Waals surface area contributed by atoms with E-state index in [1.165, 1.54) is 44.1 Å². The van der Waals surface area contributed by atoms with E-state index in [0.717, 1.165) is 29.9 Å². The second kappa shape index (κ2) is 7.42. The van der Waals surface area contributed by atoms with Crippen molar-refractivity contribution in [2.75, 3.05) is 13.1 Å². The number of rotatable bonds is 4. The van der Waals surface area contributed by atoms with Crippen molar-refractivity contribution in [3.8, 4) is 0 Å². The Morgan fingerprint density at radius 1 is 1.04 bits per heavy atom. The lowest BCUT2D eigenvalue weighted by molar-refractivity contribution is 0.148. The van der Waals surface area contributed by atoms with Crippen LogP contribution in [0.2, 0.25) is 5.02 Å². The predicted molar refractivity (Wildman–Crippen MR) is 98.6 cm³/mol. The molecule has 0 N–H and O–H groups in total. The van der Waals surface area contributed by atoms with E-state index in [0.29, 0.717) is 6.04 Å². The lowest BCUT2D eigenvalue weighted by atomic mass is 9.95. The third-order valence-electron chi connectivity index (χ3n) is 5.80. The fraction of sp³-hybridized carbons (Fsp3) is 0.632. The summed E-state index contributed by atoms with van der Waals surface area (Å²) in [5.74, 6) is 1.79. The Morgan fingerprint density at radius 3 is 2.40 bits per heavy atom. The van der Waals surface area contributed by atoms with Crippen LogP contribution in [0.3, 0.4) is 0 Å². The van der Waals surface area contributed by atoms with Crippen LogP contribution in [0, 0.1) is 5.92 Å². The molecule has 1 aromatic heterocycles. The first kappa shape index (κ1) is 17.0. The minimum absolute atomic E-state index is 0.111. The summed E-state index contributed by atoms with van der Waals surface area (Å²) in [7, 11) is 0. The zero-order valence-electron chi connectivity index (χ0n) is 14.8. The molecular formula is C19H26ClN5. The Hall–Kier alpha value is -1.46. The van der Waals surface area contributed by atoms with E-state index < -0.39 is 0 Å². The quantitative estimate of drug-likeness (QED) is 0.818. The molecule has 0 amide bonds. The molecule has 1 saturated carbocycles. The van der Waals surface area contributed by atoms with Crippen LogP contribution in [0.4, 0.5) is 0 Å². The summed E-state index contributed by atoms with van der Waals surface area (Å²) in [6.45, 7) is 4.52. The van der Waals surface area contributed by atoms with Crippen molar-refractivity contribution in [3.05, 3.63) is 40.7 Å². The molecule has 1 saturated heterocycles. The Bertz CT molecular complexity index is 684. The molecule has 2 fully saturated rings. The third-order valence-corrected chi connectivity index (χ3v) is 6.05. The molecule has 0 unspecified atom stereocenters. The van der Waals surface area contributed by atoms with E-state index in [2.05, 4.69) is 44.2 Å². The van der Waals surface area contributed by atoms with Crippen LogP contribution in [0.1, 0.15) is 68.9 Å². The van der Waals surface area contributed by atoms with E-state index in [9.17, 15) is 0 Å². The molecule has 0 radical (unpaired) electrons. The van der Waals surface area contributed by atoms with Crippen molar-refractivity contribution in [3.63, 3.8) is 0 Å². The van der Waals surface area contributed by atoms with Crippen LogP contribution in [0.5, 0.6) is 0 Å². The predicted octanol–water partition coefficient (Wildman–Crippen LogP) is 4.26. The van der Waals surface area contributed by atoms with E-state index in [-0.39, 0.29) is 6.04 Å². The largest absolute Gasteiger partial charge is 0.290 e. The highest BCUT2D eigenvalue weighted by Gasteiger charge is 2.32. The fourth-order valence-corrected chi connectivity index (χ4v) is 4.37. The molecule has 1 aliphatic heterocycles. The number of benzene rings is 1. The Labute approximate surface area is 154 Å². The van der Waals surface area contributed by atoms with Crippen molar-refractivity contribution in [1.82, 2.24) is 25.1 Å². The van der Waals surface area contributed by atoms with Gasteiger partial charge in [0.1, 0.15) is 0 Å². The number of halogens is 1. The van der Waals surface area contributed by atoms with Gasteiger partial charge in [-0.3, -0.25) is 4.90 Å². The summed E-state index contributed by atoms with van der Waals surface area (Å²) in [6, 6.07) is 8.75. The average Bonchev–Trinajstić information content (AvgIpc) is 3.30. The Balaban J connectivity index is 1.70. The van der Waals surface area contributed by atoms with Crippen molar-refractivity contribution in [1.29, 1.82) is 0 Å². The Kier molecular flexibility index (Phi) is 5.04. The van der Waals surface area contributed by atoms with Crippen molar-refractivity contribution < 1.29 is 0 Å². The van der Waals surface area contributed by atoms with Crippen molar-refractivity contribution in [2.24, 2.45) is 5.92 Å². The number of nitrogens with zero attached hydrogens (tertiary/aromatic N) is 5. The zero-order valence-corrected chi connectivity index (χ0v) is 15.6. The molecule has 1 aliphatic carbocycles. The van der Waals surface area contributed by atoms with E-state index in [4.69, 9.17) is 11.6 Å². The fourth-order valence-electron chi connectivity index (χ4n) is 4.24. The maximum absolute atomic E-state index is 6.12. The molecule has 6 heteroatoms. The highest BCUT2D eigenvalue weighted by Crippen LogP contribution is 2.35. The first-order valence-corrected chi connectivity index (χ1v) is 9.87. The summed E-state index contributed by atoms with van der Waals surface area (Å²) < 4.78 is 2.10. The van der Waals surface area contributed by atoms with Gasteiger partial charge >= 0.3 is 0 Å². The number of tetrazole rings is 1. The van der Waals surface area contributed by atoms with Crippen LogP contribution in [-0.4, -0.2) is 38.2 Å². The second-order valence-electron chi connectivity index (χ2n) is 7.59. The van der Waals surface area contributed by atoms with Crippen LogP contribution in [0.25, 0.3) is 0 Å². The lowest BCUT2D eigenvalue weighted by Crippen LogP contribution is -2.38. The molecule has 4 rings (SSSR count). The van der Waals surface area contributed by atoms with Gasteiger partial charge in [-0.1, -0.05) is 43.5 Å². The van der Waals surface area contributed by atoms with Crippen LogP contribution in [-0.2, 0) is 0 Å². The first-order valence-electron chi connectivity index (χ1n) is 9.49. The summed E-state index contributed by atoms with van der Waals surface area (Å²) in [5.41, 5.74) is 1.23. The van der Waals surface area contributed by atoms with Gasteiger partial charge in [-0.05, 0) is 72.8 Å². The minimum atomic E-state index is 0.111. The van der Waals surface area contributed by atoms with Crippen LogP contribution >= 0.6 is 11.6 Å². The normalized spacial score (nSPS) is 21.7. The first-order chi connectivity index (χ1) is 12.2. The average molecular weight is 360 g/mol. The van der Waals surface area contributed by atoms with Gasteiger partial charge in [-0.25, -0.2) is 4.68 Å². The molecule has 25 heavy (non-hydrogen) atoms. The van der Waals surface area contributed by atoms with E-state index >= 15 is 0 Å². The molecule has 134 valence electrons. The van der Waals surface area contributed by atoms with Crippen LogP contribution < -0.4 is 0 Å². The summed E-state index contributed by atoms with van der Waals surface area (Å²) in [6.07, 6.45) is 7.38.